The van der Waals surface area contributed by atoms with Crippen LogP contribution in [0.1, 0.15) is 28.6 Å². The molecule has 2 aliphatic rings. The Morgan fingerprint density at radius 2 is 2.00 bits per heavy atom. The van der Waals surface area contributed by atoms with Crippen molar-refractivity contribution in [3.63, 3.8) is 0 Å². The van der Waals surface area contributed by atoms with Gasteiger partial charge in [0, 0.05) is 51.3 Å². The lowest BCUT2D eigenvalue weighted by Crippen LogP contribution is -2.48. The second kappa shape index (κ2) is 6.58. The van der Waals surface area contributed by atoms with E-state index in [1.165, 1.54) is 16.8 Å². The fraction of sp³-hybridized carbons (Fsp3) is 0.400. The molecule has 2 aliphatic heterocycles. The van der Waals surface area contributed by atoms with E-state index >= 15 is 0 Å². The first-order valence-corrected chi connectivity index (χ1v) is 8.88. The van der Waals surface area contributed by atoms with Crippen molar-refractivity contribution in [2.24, 2.45) is 0 Å². The fourth-order valence-corrected chi connectivity index (χ4v) is 3.73. The van der Waals surface area contributed by atoms with Crippen molar-refractivity contribution in [3.05, 3.63) is 70.9 Å². The maximum atomic E-state index is 4.63. The molecule has 0 radical (unpaired) electrons. The van der Waals surface area contributed by atoms with Crippen LogP contribution in [0.5, 0.6) is 0 Å². The molecule has 1 atom stereocenters. The molecule has 5 nitrogen and oxygen atoms in total. The van der Waals surface area contributed by atoms with Gasteiger partial charge in [-0.05, 0) is 43.2 Å². The van der Waals surface area contributed by atoms with Gasteiger partial charge in [0.2, 0.25) is 0 Å². The highest BCUT2D eigenvalue weighted by Crippen LogP contribution is 2.34. The van der Waals surface area contributed by atoms with Crippen molar-refractivity contribution in [2.45, 2.75) is 26.4 Å². The number of aryl methyl sites for hydroxylation is 2. The predicted molar refractivity (Wildman–Crippen MR) is 98.5 cm³/mol. The van der Waals surface area contributed by atoms with Crippen LogP contribution in [0, 0.1) is 13.8 Å². The third-order valence-electron chi connectivity index (χ3n) is 5.17. The number of pyridine rings is 2. The molecule has 1 unspecified atom stereocenters. The number of piperazine rings is 1. The Hall–Kier alpha value is -2.24. The van der Waals surface area contributed by atoms with Crippen molar-refractivity contribution in [3.8, 4) is 0 Å². The van der Waals surface area contributed by atoms with Gasteiger partial charge < -0.3 is 5.01 Å². The lowest BCUT2D eigenvalue weighted by molar-refractivity contribution is -0.00146. The van der Waals surface area contributed by atoms with Crippen LogP contribution >= 0.6 is 0 Å². The normalized spacial score (nSPS) is 21.3. The monoisotopic (exact) mass is 335 g/mol. The summed E-state index contributed by atoms with van der Waals surface area (Å²) in [7, 11) is 2.17. The Bertz CT molecular complexity index is 783. The number of hydrogen-bond acceptors (Lipinski definition) is 5. The van der Waals surface area contributed by atoms with E-state index in [9.17, 15) is 0 Å². The summed E-state index contributed by atoms with van der Waals surface area (Å²) < 4.78 is 0. The molecular formula is C20H25N5. The molecule has 4 rings (SSSR count). The van der Waals surface area contributed by atoms with Crippen LogP contribution in [0.15, 0.2) is 48.4 Å². The lowest BCUT2D eigenvalue weighted by atomic mass is 10.1. The average molecular weight is 335 g/mol. The molecule has 25 heavy (non-hydrogen) atoms. The van der Waals surface area contributed by atoms with E-state index in [1.54, 1.807) is 0 Å². The zero-order valence-corrected chi connectivity index (χ0v) is 15.2. The summed E-state index contributed by atoms with van der Waals surface area (Å²) >= 11 is 0. The average Bonchev–Trinajstić information content (AvgIpc) is 2.93. The Morgan fingerprint density at radius 3 is 2.76 bits per heavy atom. The Balaban J connectivity index is 1.51. The summed E-state index contributed by atoms with van der Waals surface area (Å²) in [6, 6.07) is 8.65. The zero-order valence-electron chi connectivity index (χ0n) is 15.2. The van der Waals surface area contributed by atoms with Crippen LogP contribution in [0.4, 0.5) is 0 Å². The molecule has 0 amide bonds. The summed E-state index contributed by atoms with van der Waals surface area (Å²) in [4.78, 5) is 11.7. The topological polar surface area (TPSA) is 35.5 Å². The highest BCUT2D eigenvalue weighted by atomic mass is 15.7. The molecule has 2 aromatic rings. The quantitative estimate of drug-likeness (QED) is 0.862. The minimum atomic E-state index is 0.230. The highest BCUT2D eigenvalue weighted by Gasteiger charge is 2.35. The van der Waals surface area contributed by atoms with E-state index in [-0.39, 0.29) is 6.04 Å². The van der Waals surface area contributed by atoms with Gasteiger partial charge in [-0.15, -0.1) is 0 Å². The molecule has 130 valence electrons. The van der Waals surface area contributed by atoms with Gasteiger partial charge in [-0.2, -0.15) is 0 Å². The summed E-state index contributed by atoms with van der Waals surface area (Å²) in [6.45, 7) is 8.14. The SMILES string of the molecule is Cc1ccc(CN2CCN3C(=CC(c4ncccc4C)N3C)C2)nc1. The molecular weight excluding hydrogens is 310 g/mol. The Kier molecular flexibility index (Phi) is 4.27. The second-order valence-electron chi connectivity index (χ2n) is 7.04. The van der Waals surface area contributed by atoms with Crippen LogP contribution in [0.25, 0.3) is 0 Å². The molecule has 0 N–H and O–H groups in total. The molecule has 0 aromatic carbocycles. The van der Waals surface area contributed by atoms with Gasteiger partial charge in [0.25, 0.3) is 0 Å². The predicted octanol–water partition coefficient (Wildman–Crippen LogP) is 2.70. The molecule has 0 saturated carbocycles. The second-order valence-corrected chi connectivity index (χ2v) is 7.04. The summed E-state index contributed by atoms with van der Waals surface area (Å²) in [5.74, 6) is 0. The maximum absolute atomic E-state index is 4.63. The first-order valence-electron chi connectivity index (χ1n) is 8.88. The van der Waals surface area contributed by atoms with Gasteiger partial charge >= 0.3 is 0 Å². The standard InChI is InChI=1S/C20H25N5/c1-15-6-7-17(22-12-15)13-24-9-10-25-18(14-24)11-19(23(25)3)20-16(2)5-4-8-21-20/h4-8,11-12,19H,9-10,13-14H2,1-3H3. The van der Waals surface area contributed by atoms with Crippen LogP contribution in [0.3, 0.4) is 0 Å². The summed E-state index contributed by atoms with van der Waals surface area (Å²) in [6.07, 6.45) is 6.21. The third kappa shape index (κ3) is 3.17. The molecule has 0 bridgehead atoms. The number of fused-ring (bicyclic) bond motifs is 1. The van der Waals surface area contributed by atoms with Crippen molar-refractivity contribution in [1.82, 2.24) is 24.9 Å². The van der Waals surface area contributed by atoms with Gasteiger partial charge in [0.05, 0.1) is 17.4 Å². The fourth-order valence-electron chi connectivity index (χ4n) is 3.73. The minimum absolute atomic E-state index is 0.230. The van der Waals surface area contributed by atoms with Crippen LogP contribution in [-0.2, 0) is 6.54 Å². The Labute approximate surface area is 149 Å². The summed E-state index contributed by atoms with van der Waals surface area (Å²) in [5, 5.41) is 4.73. The van der Waals surface area contributed by atoms with Crippen molar-refractivity contribution >= 4 is 0 Å². The van der Waals surface area contributed by atoms with Gasteiger partial charge in [-0.3, -0.25) is 14.9 Å². The number of hydrogen-bond donors (Lipinski definition) is 0. The third-order valence-corrected chi connectivity index (χ3v) is 5.17. The smallest absolute Gasteiger partial charge is 0.0914 e. The van der Waals surface area contributed by atoms with Gasteiger partial charge in [-0.25, -0.2) is 5.01 Å². The molecule has 1 saturated heterocycles. The van der Waals surface area contributed by atoms with Crippen LogP contribution < -0.4 is 0 Å². The first-order chi connectivity index (χ1) is 12.1. The number of nitrogens with zero attached hydrogens (tertiary/aromatic N) is 5. The summed E-state index contributed by atoms with van der Waals surface area (Å²) in [5.41, 5.74) is 6.12. The van der Waals surface area contributed by atoms with E-state index in [0.29, 0.717) is 0 Å². The van der Waals surface area contributed by atoms with E-state index < -0.39 is 0 Å². The number of hydrazine groups is 1. The van der Waals surface area contributed by atoms with Crippen molar-refractivity contribution in [1.29, 1.82) is 0 Å². The number of aromatic nitrogens is 2. The molecule has 2 aromatic heterocycles. The van der Waals surface area contributed by atoms with Gasteiger partial charge in [0.15, 0.2) is 0 Å². The van der Waals surface area contributed by atoms with Gasteiger partial charge in [0.1, 0.15) is 0 Å². The molecule has 1 fully saturated rings. The van der Waals surface area contributed by atoms with Crippen molar-refractivity contribution in [2.75, 3.05) is 26.7 Å². The molecule has 0 aliphatic carbocycles. The van der Waals surface area contributed by atoms with Crippen LogP contribution in [-0.4, -0.2) is 51.6 Å². The highest BCUT2D eigenvalue weighted by molar-refractivity contribution is 5.29. The van der Waals surface area contributed by atoms with E-state index in [0.717, 1.165) is 37.6 Å². The Morgan fingerprint density at radius 1 is 1.12 bits per heavy atom. The van der Waals surface area contributed by atoms with Crippen LogP contribution in [0.2, 0.25) is 0 Å². The largest absolute Gasteiger partial charge is 0.307 e. The van der Waals surface area contributed by atoms with Gasteiger partial charge in [-0.1, -0.05) is 12.1 Å². The maximum Gasteiger partial charge on any atom is 0.0914 e. The zero-order chi connectivity index (χ0) is 17.4. The number of rotatable bonds is 3. The number of likely N-dealkylation sites (N-methyl/N-ethyl adjacent to an activating group) is 1. The minimum Gasteiger partial charge on any atom is -0.307 e. The molecule has 5 heteroatoms. The first kappa shape index (κ1) is 16.2. The van der Waals surface area contributed by atoms with E-state index in [2.05, 4.69) is 70.1 Å². The molecule has 0 spiro atoms. The van der Waals surface area contributed by atoms with E-state index in [1.807, 2.05) is 18.5 Å². The van der Waals surface area contributed by atoms with Crippen molar-refractivity contribution < 1.29 is 0 Å². The lowest BCUT2D eigenvalue weighted by Gasteiger charge is -2.39. The van der Waals surface area contributed by atoms with E-state index in [4.69, 9.17) is 0 Å². The molecule has 4 heterocycles.